The maximum atomic E-state index is 14.5. The van der Waals surface area contributed by atoms with Gasteiger partial charge in [-0.1, -0.05) is 152 Å². The van der Waals surface area contributed by atoms with Crippen molar-refractivity contribution in [1.82, 2.24) is 5.06 Å². The first kappa shape index (κ1) is 38.5. The van der Waals surface area contributed by atoms with Crippen LogP contribution < -0.4 is 0 Å². The van der Waals surface area contributed by atoms with Crippen molar-refractivity contribution in [3.63, 3.8) is 0 Å². The average Bonchev–Trinajstić information content (AvgIpc) is 3.21. The largest absolute Gasteiger partial charge is 0.366 e. The van der Waals surface area contributed by atoms with Crippen LogP contribution >= 0.6 is 7.60 Å². The third-order valence-corrected chi connectivity index (χ3v) is 9.98. The van der Waals surface area contributed by atoms with Crippen molar-refractivity contribution in [1.29, 1.82) is 0 Å². The molecule has 0 saturated heterocycles. The minimum Gasteiger partial charge on any atom is -0.366 e. The highest BCUT2D eigenvalue weighted by molar-refractivity contribution is 7.53. The van der Waals surface area contributed by atoms with Crippen LogP contribution in [0.5, 0.6) is 0 Å². The molecule has 0 fully saturated rings. The van der Waals surface area contributed by atoms with E-state index >= 15 is 0 Å². The molecule has 5 aromatic carbocycles. The van der Waals surface area contributed by atoms with E-state index < -0.39 is 25.6 Å². The maximum Gasteiger partial charge on any atom is 0.331 e. The van der Waals surface area contributed by atoms with Gasteiger partial charge in [0, 0.05) is 0 Å². The maximum absolute atomic E-state index is 14.5. The Hall–Kier alpha value is -4.73. The summed E-state index contributed by atoms with van der Waals surface area (Å²) in [5.41, 5.74) is 4.22. The number of hydrogen-bond donors (Lipinski definition) is 0. The fourth-order valence-corrected chi connectivity index (χ4v) is 6.81. The smallest absolute Gasteiger partial charge is 0.331 e. The Morgan fingerprint density at radius 2 is 0.904 bits per heavy atom. The lowest BCUT2D eigenvalue weighted by Crippen LogP contribution is -2.44. The Balaban J connectivity index is 1.36. The van der Waals surface area contributed by atoms with Crippen LogP contribution in [0.2, 0.25) is 0 Å². The quantitative estimate of drug-likeness (QED) is 0.0377. The zero-order valence-electron chi connectivity index (χ0n) is 29.0. The van der Waals surface area contributed by atoms with Crippen LogP contribution in [0.1, 0.15) is 34.2 Å². The number of carbonyl (C=O) groups is 2. The van der Waals surface area contributed by atoms with Crippen LogP contribution in [0.3, 0.4) is 0 Å². The molecule has 0 spiro atoms. The standard InChI is InChI=1S/C42H44NO8P/c44-34-43(49-31-37-20-10-3-11-21-37)28-41(48-30-36-18-8-2-9-19-36)42(45)40(47-29-35-16-6-1-7-17-35)26-27-52(46,50-32-38-22-12-4-13-23-38)51-33-39-24-14-5-15-25-39/h1-25,34,40-41H,26-33H2. The second-order valence-electron chi connectivity index (χ2n) is 12.1. The lowest BCUT2D eigenvalue weighted by atomic mass is 10.1. The van der Waals surface area contributed by atoms with E-state index in [0.717, 1.165) is 32.9 Å². The van der Waals surface area contributed by atoms with E-state index in [-0.39, 0.29) is 52.2 Å². The van der Waals surface area contributed by atoms with Gasteiger partial charge in [-0.2, -0.15) is 0 Å². The number of Topliss-reactive ketones (excluding diaryl/α,β-unsaturated/α-hetero) is 1. The predicted molar refractivity (Wildman–Crippen MR) is 199 cm³/mol. The lowest BCUT2D eigenvalue weighted by Gasteiger charge is -2.27. The Morgan fingerprint density at radius 1 is 0.538 bits per heavy atom. The summed E-state index contributed by atoms with van der Waals surface area (Å²) < 4.78 is 38.9. The number of benzene rings is 5. The molecular weight excluding hydrogens is 677 g/mol. The number of ketones is 1. The minimum absolute atomic E-state index is 0.00365. The molecule has 0 aromatic heterocycles. The Bertz CT molecular complexity index is 1750. The van der Waals surface area contributed by atoms with Gasteiger partial charge < -0.3 is 18.5 Å². The molecule has 1 amide bonds. The number of hydrogen-bond acceptors (Lipinski definition) is 8. The molecule has 0 aliphatic rings. The number of carbonyl (C=O) groups excluding carboxylic acids is 2. The van der Waals surface area contributed by atoms with Crippen molar-refractivity contribution < 1.29 is 37.5 Å². The molecule has 9 nitrogen and oxygen atoms in total. The van der Waals surface area contributed by atoms with Gasteiger partial charge in [-0.3, -0.25) is 19.0 Å². The molecule has 0 bridgehead atoms. The molecular formula is C42H44NO8P. The van der Waals surface area contributed by atoms with E-state index in [1.807, 2.05) is 152 Å². The second-order valence-corrected chi connectivity index (χ2v) is 14.3. The normalized spacial score (nSPS) is 12.5. The first-order chi connectivity index (χ1) is 25.5. The van der Waals surface area contributed by atoms with Gasteiger partial charge in [0.05, 0.1) is 39.1 Å². The molecule has 0 radical (unpaired) electrons. The fraction of sp³-hybridized carbons (Fsp3) is 0.238. The van der Waals surface area contributed by atoms with Crippen molar-refractivity contribution in [3.8, 4) is 0 Å². The van der Waals surface area contributed by atoms with Gasteiger partial charge in [-0.25, -0.2) is 5.06 Å². The Labute approximate surface area is 305 Å². The molecule has 0 heterocycles. The molecule has 10 heteroatoms. The van der Waals surface area contributed by atoms with Gasteiger partial charge in [-0.15, -0.1) is 0 Å². The monoisotopic (exact) mass is 721 g/mol. The highest BCUT2D eigenvalue weighted by Gasteiger charge is 2.34. The summed E-state index contributed by atoms with van der Waals surface area (Å²) in [6, 6.07) is 47.1. The molecule has 270 valence electrons. The number of ether oxygens (including phenoxy) is 2. The van der Waals surface area contributed by atoms with Gasteiger partial charge in [0.25, 0.3) is 0 Å². The number of rotatable bonds is 23. The lowest BCUT2D eigenvalue weighted by molar-refractivity contribution is -0.190. The molecule has 2 unspecified atom stereocenters. The molecule has 0 aliphatic carbocycles. The van der Waals surface area contributed by atoms with Crippen LogP contribution in [-0.4, -0.2) is 42.2 Å². The summed E-state index contributed by atoms with van der Waals surface area (Å²) in [6.07, 6.45) is -1.80. The van der Waals surface area contributed by atoms with E-state index in [0.29, 0.717) is 6.41 Å². The summed E-state index contributed by atoms with van der Waals surface area (Å²) >= 11 is 0. The summed E-state index contributed by atoms with van der Waals surface area (Å²) in [4.78, 5) is 32.5. The summed E-state index contributed by atoms with van der Waals surface area (Å²) in [5.74, 6) is -0.431. The van der Waals surface area contributed by atoms with Crippen LogP contribution in [0.4, 0.5) is 0 Å². The Kier molecular flexibility index (Phi) is 15.5. The fourth-order valence-electron chi connectivity index (χ4n) is 5.24. The van der Waals surface area contributed by atoms with E-state index in [2.05, 4.69) is 0 Å². The van der Waals surface area contributed by atoms with Gasteiger partial charge >= 0.3 is 7.60 Å². The zero-order valence-corrected chi connectivity index (χ0v) is 29.9. The molecule has 5 rings (SSSR count). The zero-order chi connectivity index (χ0) is 36.3. The van der Waals surface area contributed by atoms with Gasteiger partial charge in [-0.05, 0) is 34.2 Å². The van der Waals surface area contributed by atoms with Crippen LogP contribution in [0.25, 0.3) is 0 Å². The van der Waals surface area contributed by atoms with Crippen molar-refractivity contribution in [3.05, 3.63) is 179 Å². The number of amides is 1. The van der Waals surface area contributed by atoms with Gasteiger partial charge in [0.2, 0.25) is 6.41 Å². The predicted octanol–water partition coefficient (Wildman–Crippen LogP) is 8.33. The average molecular weight is 722 g/mol. The summed E-state index contributed by atoms with van der Waals surface area (Å²) in [6.45, 7) is 0.268. The summed E-state index contributed by atoms with van der Waals surface area (Å²) in [5, 5.41) is 1.06. The molecule has 2 atom stereocenters. The minimum atomic E-state index is -3.78. The van der Waals surface area contributed by atoms with E-state index in [1.54, 1.807) is 0 Å². The van der Waals surface area contributed by atoms with Crippen molar-refractivity contribution in [2.75, 3.05) is 12.7 Å². The highest BCUT2D eigenvalue weighted by atomic mass is 31.2. The second kappa shape index (κ2) is 21.0. The number of nitrogens with zero attached hydrogens (tertiary/aromatic N) is 1. The molecule has 0 saturated carbocycles. The van der Waals surface area contributed by atoms with Crippen LogP contribution in [0.15, 0.2) is 152 Å². The third kappa shape index (κ3) is 13.1. The van der Waals surface area contributed by atoms with E-state index in [1.165, 1.54) is 0 Å². The number of hydroxylamine groups is 2. The van der Waals surface area contributed by atoms with Gasteiger partial charge in [0.15, 0.2) is 5.78 Å². The van der Waals surface area contributed by atoms with E-state index in [9.17, 15) is 14.2 Å². The molecule has 52 heavy (non-hydrogen) atoms. The van der Waals surface area contributed by atoms with Crippen LogP contribution in [-0.2, 0) is 70.5 Å². The third-order valence-electron chi connectivity index (χ3n) is 8.13. The molecule has 0 N–H and O–H groups in total. The van der Waals surface area contributed by atoms with Crippen molar-refractivity contribution >= 4 is 19.8 Å². The van der Waals surface area contributed by atoms with Crippen molar-refractivity contribution in [2.45, 2.75) is 51.7 Å². The van der Waals surface area contributed by atoms with Crippen LogP contribution in [0, 0.1) is 0 Å². The Morgan fingerprint density at radius 3 is 1.31 bits per heavy atom. The topological polar surface area (TPSA) is 101 Å². The molecule has 5 aromatic rings. The summed E-state index contributed by atoms with van der Waals surface area (Å²) in [7, 11) is -3.78. The van der Waals surface area contributed by atoms with Crippen molar-refractivity contribution in [2.24, 2.45) is 0 Å². The highest BCUT2D eigenvalue weighted by Crippen LogP contribution is 2.50. The SMILES string of the molecule is O=CN(CC(OCc1ccccc1)C(=O)C(CCP(=O)(OCc1ccccc1)OCc1ccccc1)OCc1ccccc1)OCc1ccccc1. The first-order valence-corrected chi connectivity index (χ1v) is 18.9. The van der Waals surface area contributed by atoms with E-state index in [4.69, 9.17) is 23.4 Å². The first-order valence-electron chi connectivity index (χ1n) is 17.2. The van der Waals surface area contributed by atoms with Gasteiger partial charge in [0.1, 0.15) is 18.8 Å². The molecule has 0 aliphatic heterocycles.